The smallest absolute Gasteiger partial charge is 0.344 e. The summed E-state index contributed by atoms with van der Waals surface area (Å²) in [4.78, 5) is 39.5. The number of hydrazine groups is 1. The van der Waals surface area contributed by atoms with Crippen molar-refractivity contribution in [3.63, 3.8) is 0 Å². The van der Waals surface area contributed by atoms with E-state index in [1.807, 2.05) is 4.90 Å². The molecule has 3 rings (SSSR count). The average molecular weight is 374 g/mol. The van der Waals surface area contributed by atoms with E-state index in [4.69, 9.17) is 4.74 Å². The van der Waals surface area contributed by atoms with Crippen LogP contribution in [0.3, 0.4) is 0 Å². The number of imide groups is 1. The quantitative estimate of drug-likeness (QED) is 0.757. The fourth-order valence-corrected chi connectivity index (χ4v) is 3.44. The first kappa shape index (κ1) is 19.2. The Morgan fingerprint density at radius 1 is 1.26 bits per heavy atom. The van der Waals surface area contributed by atoms with Gasteiger partial charge >= 0.3 is 6.03 Å². The van der Waals surface area contributed by atoms with E-state index < -0.39 is 17.5 Å². The maximum absolute atomic E-state index is 12.8. The summed E-state index contributed by atoms with van der Waals surface area (Å²) in [5.41, 5.74) is 1.83. The number of carbonyl (C=O) groups excluding carboxylic acids is 3. The number of hydrogen-bond acceptors (Lipinski definition) is 5. The Kier molecular flexibility index (Phi) is 5.36. The van der Waals surface area contributed by atoms with Crippen molar-refractivity contribution in [3.8, 4) is 5.75 Å². The Morgan fingerprint density at radius 2 is 1.89 bits per heavy atom. The van der Waals surface area contributed by atoms with Gasteiger partial charge in [0.15, 0.2) is 0 Å². The van der Waals surface area contributed by atoms with Crippen LogP contribution in [-0.2, 0) is 15.1 Å². The van der Waals surface area contributed by atoms with E-state index in [1.165, 1.54) is 0 Å². The summed E-state index contributed by atoms with van der Waals surface area (Å²) < 4.78 is 5.12. The molecule has 8 heteroatoms. The summed E-state index contributed by atoms with van der Waals surface area (Å²) >= 11 is 0. The van der Waals surface area contributed by atoms with E-state index in [1.54, 1.807) is 38.3 Å². The zero-order chi connectivity index (χ0) is 19.6. The first-order valence-electron chi connectivity index (χ1n) is 9.16. The van der Waals surface area contributed by atoms with Crippen LogP contribution in [0, 0.1) is 5.92 Å². The molecule has 2 aliphatic rings. The highest BCUT2D eigenvalue weighted by atomic mass is 16.5. The Hall–Kier alpha value is -2.61. The molecule has 2 N–H and O–H groups in total. The van der Waals surface area contributed by atoms with Crippen LogP contribution in [0.2, 0.25) is 0 Å². The van der Waals surface area contributed by atoms with Gasteiger partial charge in [-0.3, -0.25) is 19.9 Å². The second-order valence-electron chi connectivity index (χ2n) is 7.42. The highest BCUT2D eigenvalue weighted by Crippen LogP contribution is 2.29. The van der Waals surface area contributed by atoms with Gasteiger partial charge in [0.2, 0.25) is 0 Å². The highest BCUT2D eigenvalue weighted by molar-refractivity contribution is 6.08. The SMILES string of the molecule is COc1ccc(C2(C)NC(=O)N(NC(=O)CN3CCC(C)CC3)C2=O)cc1. The number of amides is 4. The van der Waals surface area contributed by atoms with Crippen molar-refractivity contribution >= 4 is 17.8 Å². The number of rotatable bonds is 5. The molecule has 2 heterocycles. The predicted molar refractivity (Wildman–Crippen MR) is 98.7 cm³/mol. The number of carbonyl (C=O) groups is 3. The lowest BCUT2D eigenvalue weighted by Crippen LogP contribution is -2.51. The van der Waals surface area contributed by atoms with Gasteiger partial charge in [-0.05, 0) is 56.5 Å². The minimum absolute atomic E-state index is 0.170. The van der Waals surface area contributed by atoms with Crippen molar-refractivity contribution in [1.29, 1.82) is 0 Å². The van der Waals surface area contributed by atoms with Crippen LogP contribution in [0.4, 0.5) is 4.79 Å². The van der Waals surface area contributed by atoms with Crippen molar-refractivity contribution in [1.82, 2.24) is 20.7 Å². The van der Waals surface area contributed by atoms with Gasteiger partial charge < -0.3 is 10.1 Å². The summed E-state index contributed by atoms with van der Waals surface area (Å²) in [5.74, 6) is 0.436. The van der Waals surface area contributed by atoms with Gasteiger partial charge in [-0.1, -0.05) is 19.1 Å². The van der Waals surface area contributed by atoms with E-state index in [9.17, 15) is 14.4 Å². The van der Waals surface area contributed by atoms with Crippen LogP contribution in [0.5, 0.6) is 5.75 Å². The molecule has 0 saturated carbocycles. The van der Waals surface area contributed by atoms with Crippen LogP contribution >= 0.6 is 0 Å². The van der Waals surface area contributed by atoms with E-state index in [0.717, 1.165) is 30.9 Å². The molecule has 4 amide bonds. The van der Waals surface area contributed by atoms with Crippen LogP contribution in [0.25, 0.3) is 0 Å². The van der Waals surface area contributed by atoms with Crippen molar-refractivity contribution in [2.24, 2.45) is 5.92 Å². The number of likely N-dealkylation sites (tertiary alicyclic amines) is 1. The van der Waals surface area contributed by atoms with E-state index >= 15 is 0 Å². The van der Waals surface area contributed by atoms with Crippen molar-refractivity contribution in [2.45, 2.75) is 32.2 Å². The average Bonchev–Trinajstić information content (AvgIpc) is 2.88. The van der Waals surface area contributed by atoms with Gasteiger partial charge in [-0.15, -0.1) is 0 Å². The minimum Gasteiger partial charge on any atom is -0.497 e. The molecule has 0 radical (unpaired) electrons. The lowest BCUT2D eigenvalue weighted by molar-refractivity contribution is -0.139. The number of methoxy groups -OCH3 is 1. The maximum atomic E-state index is 12.8. The molecule has 0 aromatic heterocycles. The molecule has 0 bridgehead atoms. The molecule has 1 unspecified atom stereocenters. The molecular weight excluding hydrogens is 348 g/mol. The van der Waals surface area contributed by atoms with Crippen LogP contribution in [0.15, 0.2) is 24.3 Å². The molecular formula is C19H26N4O4. The molecule has 2 fully saturated rings. The number of urea groups is 1. The van der Waals surface area contributed by atoms with E-state index in [-0.39, 0.29) is 12.5 Å². The van der Waals surface area contributed by atoms with Crippen LogP contribution in [-0.4, -0.2) is 54.5 Å². The third-order valence-electron chi connectivity index (χ3n) is 5.34. The highest BCUT2D eigenvalue weighted by Gasteiger charge is 2.50. The predicted octanol–water partition coefficient (Wildman–Crippen LogP) is 1.23. The Balaban J connectivity index is 1.65. The van der Waals surface area contributed by atoms with Crippen molar-refractivity contribution < 1.29 is 19.1 Å². The first-order chi connectivity index (χ1) is 12.8. The molecule has 2 aliphatic heterocycles. The molecule has 27 heavy (non-hydrogen) atoms. The largest absolute Gasteiger partial charge is 0.497 e. The number of hydrogen-bond donors (Lipinski definition) is 2. The Bertz CT molecular complexity index is 728. The first-order valence-corrected chi connectivity index (χ1v) is 9.16. The van der Waals surface area contributed by atoms with E-state index in [2.05, 4.69) is 17.7 Å². The Morgan fingerprint density at radius 3 is 2.48 bits per heavy atom. The number of nitrogens with one attached hydrogen (secondary N) is 2. The van der Waals surface area contributed by atoms with Crippen LogP contribution in [0.1, 0.15) is 32.3 Å². The molecule has 1 aromatic carbocycles. The van der Waals surface area contributed by atoms with E-state index in [0.29, 0.717) is 17.2 Å². The van der Waals surface area contributed by atoms with Gasteiger partial charge in [0.1, 0.15) is 11.3 Å². The zero-order valence-corrected chi connectivity index (χ0v) is 15.9. The third-order valence-corrected chi connectivity index (χ3v) is 5.34. The lowest BCUT2D eigenvalue weighted by atomic mass is 9.92. The number of ether oxygens (including phenoxy) is 1. The molecule has 0 aliphatic carbocycles. The molecule has 1 aromatic rings. The summed E-state index contributed by atoms with van der Waals surface area (Å²) in [6, 6.07) is 6.24. The standard InChI is InChI=1S/C19H26N4O4/c1-13-8-10-22(11-9-13)12-16(24)21-23-17(25)19(2,20-18(23)26)14-4-6-15(27-3)7-5-14/h4-7,13H,8-12H2,1-3H3,(H,20,26)(H,21,24). The summed E-state index contributed by atoms with van der Waals surface area (Å²) in [6.45, 7) is 5.68. The maximum Gasteiger partial charge on any atom is 0.344 e. The second kappa shape index (κ2) is 7.56. The van der Waals surface area contributed by atoms with Gasteiger partial charge in [-0.25, -0.2) is 4.79 Å². The number of nitrogens with zero attached hydrogens (tertiary/aromatic N) is 2. The normalized spacial score (nSPS) is 24.0. The lowest BCUT2D eigenvalue weighted by Gasteiger charge is -2.30. The summed E-state index contributed by atoms with van der Waals surface area (Å²) in [7, 11) is 1.56. The fraction of sp³-hybridized carbons (Fsp3) is 0.526. The van der Waals surface area contributed by atoms with Gasteiger partial charge in [0.25, 0.3) is 11.8 Å². The fourth-order valence-electron chi connectivity index (χ4n) is 3.44. The monoisotopic (exact) mass is 374 g/mol. The molecule has 146 valence electrons. The Labute approximate surface area is 158 Å². The van der Waals surface area contributed by atoms with Crippen LogP contribution < -0.4 is 15.5 Å². The second-order valence-corrected chi connectivity index (χ2v) is 7.42. The van der Waals surface area contributed by atoms with Gasteiger partial charge in [0, 0.05) is 0 Å². The zero-order valence-electron chi connectivity index (χ0n) is 15.9. The number of benzene rings is 1. The minimum atomic E-state index is -1.24. The number of piperidine rings is 1. The summed E-state index contributed by atoms with van der Waals surface area (Å²) in [6.07, 6.45) is 2.10. The molecule has 0 spiro atoms. The topological polar surface area (TPSA) is 91.0 Å². The molecule has 8 nitrogen and oxygen atoms in total. The van der Waals surface area contributed by atoms with Gasteiger partial charge in [-0.2, -0.15) is 5.01 Å². The molecule has 2 saturated heterocycles. The molecule has 1 atom stereocenters. The third kappa shape index (κ3) is 3.90. The van der Waals surface area contributed by atoms with Crippen molar-refractivity contribution in [2.75, 3.05) is 26.7 Å². The van der Waals surface area contributed by atoms with Gasteiger partial charge in [0.05, 0.1) is 13.7 Å². The summed E-state index contributed by atoms with van der Waals surface area (Å²) in [5, 5.41) is 3.44. The van der Waals surface area contributed by atoms with Crippen molar-refractivity contribution in [3.05, 3.63) is 29.8 Å².